The van der Waals surface area contributed by atoms with Crippen LogP contribution in [0.3, 0.4) is 0 Å². The molecular weight excluding hydrogens is 248 g/mol. The van der Waals surface area contributed by atoms with Gasteiger partial charge < -0.3 is 10.2 Å². The summed E-state index contributed by atoms with van der Waals surface area (Å²) in [5.41, 5.74) is 2.15. The lowest BCUT2D eigenvalue weighted by Gasteiger charge is -2.21. The Balaban J connectivity index is 1.90. The third-order valence-electron chi connectivity index (χ3n) is 3.25. The Kier molecular flexibility index (Phi) is 4.77. The van der Waals surface area contributed by atoms with Crippen molar-refractivity contribution in [2.24, 2.45) is 0 Å². The third kappa shape index (κ3) is 3.85. The van der Waals surface area contributed by atoms with Gasteiger partial charge in [0.2, 0.25) is 5.91 Å². The van der Waals surface area contributed by atoms with E-state index in [0.717, 1.165) is 11.3 Å². The van der Waals surface area contributed by atoms with E-state index in [4.69, 9.17) is 0 Å². The number of hydrogen-bond donors (Lipinski definition) is 1. The second kappa shape index (κ2) is 6.75. The van der Waals surface area contributed by atoms with Gasteiger partial charge in [-0.2, -0.15) is 0 Å². The van der Waals surface area contributed by atoms with Crippen LogP contribution in [0.15, 0.2) is 60.7 Å². The number of anilines is 1. The highest BCUT2D eigenvalue weighted by Gasteiger charge is 2.11. The van der Waals surface area contributed by atoms with Gasteiger partial charge in [-0.15, -0.1) is 0 Å². The van der Waals surface area contributed by atoms with Gasteiger partial charge in [-0.05, 0) is 24.6 Å². The van der Waals surface area contributed by atoms with Gasteiger partial charge in [0.15, 0.2) is 0 Å². The van der Waals surface area contributed by atoms with Crippen LogP contribution in [0.25, 0.3) is 0 Å². The van der Waals surface area contributed by atoms with E-state index in [1.54, 1.807) is 0 Å². The minimum absolute atomic E-state index is 0.0210. The maximum Gasteiger partial charge on any atom is 0.239 e. The first-order valence-corrected chi connectivity index (χ1v) is 6.77. The molecule has 0 bridgehead atoms. The van der Waals surface area contributed by atoms with Crippen molar-refractivity contribution < 1.29 is 4.79 Å². The van der Waals surface area contributed by atoms with Crippen LogP contribution in [0.1, 0.15) is 18.5 Å². The molecule has 2 rings (SSSR count). The molecule has 0 radical (unpaired) electrons. The van der Waals surface area contributed by atoms with Crippen molar-refractivity contribution in [2.45, 2.75) is 13.0 Å². The van der Waals surface area contributed by atoms with Gasteiger partial charge in [0.25, 0.3) is 0 Å². The molecule has 1 amide bonds. The molecular formula is C17H20N2O. The lowest BCUT2D eigenvalue weighted by molar-refractivity contribution is -0.120. The zero-order chi connectivity index (χ0) is 14.4. The fourth-order valence-corrected chi connectivity index (χ4v) is 2.10. The molecule has 20 heavy (non-hydrogen) atoms. The average molecular weight is 268 g/mol. The molecule has 0 spiro atoms. The molecule has 1 atom stereocenters. The Labute approximate surface area is 120 Å². The molecule has 0 heterocycles. The first kappa shape index (κ1) is 14.1. The normalized spacial score (nSPS) is 11.7. The predicted molar refractivity (Wildman–Crippen MR) is 82.7 cm³/mol. The Morgan fingerprint density at radius 2 is 1.60 bits per heavy atom. The van der Waals surface area contributed by atoms with Crippen LogP contribution in [0, 0.1) is 0 Å². The molecule has 0 aliphatic carbocycles. The highest BCUT2D eigenvalue weighted by Crippen LogP contribution is 2.12. The fourth-order valence-electron chi connectivity index (χ4n) is 2.10. The number of amides is 1. The van der Waals surface area contributed by atoms with Crippen molar-refractivity contribution in [2.75, 3.05) is 18.5 Å². The zero-order valence-electron chi connectivity index (χ0n) is 11.9. The summed E-state index contributed by atoms with van der Waals surface area (Å²) < 4.78 is 0. The minimum Gasteiger partial charge on any atom is -0.365 e. The number of para-hydroxylation sites is 1. The summed E-state index contributed by atoms with van der Waals surface area (Å²) in [7, 11) is 1.92. The summed E-state index contributed by atoms with van der Waals surface area (Å²) in [4.78, 5) is 14.0. The first-order valence-electron chi connectivity index (χ1n) is 6.77. The van der Waals surface area contributed by atoms with E-state index in [-0.39, 0.29) is 11.9 Å². The van der Waals surface area contributed by atoms with Gasteiger partial charge in [-0.25, -0.2) is 0 Å². The van der Waals surface area contributed by atoms with Gasteiger partial charge >= 0.3 is 0 Å². The van der Waals surface area contributed by atoms with Crippen LogP contribution < -0.4 is 10.2 Å². The molecule has 0 aliphatic rings. The Hall–Kier alpha value is -2.29. The lowest BCUT2D eigenvalue weighted by atomic mass is 10.1. The Bertz CT molecular complexity index is 490. The van der Waals surface area contributed by atoms with E-state index >= 15 is 0 Å². The van der Waals surface area contributed by atoms with Crippen LogP contribution in [0.2, 0.25) is 0 Å². The monoisotopic (exact) mass is 268 g/mol. The van der Waals surface area contributed by atoms with E-state index in [1.807, 2.05) is 79.5 Å². The SMILES string of the molecule is C[C@@H](NC(=O)CN(C)c1ccccc1)c1ccccc1. The molecule has 0 aromatic heterocycles. The fraction of sp³-hybridized carbons (Fsp3) is 0.235. The molecule has 0 fully saturated rings. The quantitative estimate of drug-likeness (QED) is 0.904. The van der Waals surface area contributed by atoms with Gasteiger partial charge in [0, 0.05) is 12.7 Å². The van der Waals surface area contributed by atoms with E-state index in [1.165, 1.54) is 0 Å². The van der Waals surface area contributed by atoms with Gasteiger partial charge in [0.05, 0.1) is 12.6 Å². The van der Waals surface area contributed by atoms with Crippen LogP contribution in [0.5, 0.6) is 0 Å². The first-order chi connectivity index (χ1) is 9.66. The topological polar surface area (TPSA) is 32.3 Å². The van der Waals surface area contributed by atoms with Crippen LogP contribution in [-0.4, -0.2) is 19.5 Å². The van der Waals surface area contributed by atoms with Crippen LogP contribution >= 0.6 is 0 Å². The molecule has 1 N–H and O–H groups in total. The third-order valence-corrected chi connectivity index (χ3v) is 3.25. The summed E-state index contributed by atoms with van der Waals surface area (Å²) in [5.74, 6) is 0.0210. The van der Waals surface area contributed by atoms with Gasteiger partial charge in [-0.3, -0.25) is 4.79 Å². The number of nitrogens with zero attached hydrogens (tertiary/aromatic N) is 1. The van der Waals surface area contributed by atoms with Crippen molar-refractivity contribution in [1.29, 1.82) is 0 Å². The van der Waals surface area contributed by atoms with E-state index in [0.29, 0.717) is 6.54 Å². The largest absolute Gasteiger partial charge is 0.365 e. The molecule has 2 aromatic carbocycles. The molecule has 0 saturated carbocycles. The van der Waals surface area contributed by atoms with E-state index in [2.05, 4.69) is 5.32 Å². The molecule has 2 aromatic rings. The van der Waals surface area contributed by atoms with Crippen molar-refractivity contribution >= 4 is 11.6 Å². The molecule has 3 nitrogen and oxygen atoms in total. The molecule has 0 aliphatic heterocycles. The number of nitrogens with one attached hydrogen (secondary N) is 1. The molecule has 0 saturated heterocycles. The predicted octanol–water partition coefficient (Wildman–Crippen LogP) is 3.00. The van der Waals surface area contributed by atoms with Crippen LogP contribution in [-0.2, 0) is 4.79 Å². The van der Waals surface area contributed by atoms with Crippen molar-refractivity contribution in [3.63, 3.8) is 0 Å². The number of likely N-dealkylation sites (N-methyl/N-ethyl adjacent to an activating group) is 1. The second-order valence-electron chi connectivity index (χ2n) is 4.89. The number of rotatable bonds is 5. The maximum atomic E-state index is 12.1. The minimum atomic E-state index is 0.0210. The lowest BCUT2D eigenvalue weighted by Crippen LogP contribution is -2.36. The van der Waals surface area contributed by atoms with Crippen LogP contribution in [0.4, 0.5) is 5.69 Å². The molecule has 104 valence electrons. The van der Waals surface area contributed by atoms with E-state index < -0.39 is 0 Å². The Morgan fingerprint density at radius 3 is 2.20 bits per heavy atom. The number of carbonyl (C=O) groups excluding carboxylic acids is 1. The average Bonchev–Trinajstić information content (AvgIpc) is 2.49. The Morgan fingerprint density at radius 1 is 1.05 bits per heavy atom. The maximum absolute atomic E-state index is 12.1. The summed E-state index contributed by atoms with van der Waals surface area (Å²) in [5, 5.41) is 3.02. The highest BCUT2D eigenvalue weighted by molar-refractivity contribution is 5.81. The molecule has 3 heteroatoms. The van der Waals surface area contributed by atoms with Crippen molar-refractivity contribution in [3.8, 4) is 0 Å². The summed E-state index contributed by atoms with van der Waals surface area (Å²) in [6, 6.07) is 19.9. The summed E-state index contributed by atoms with van der Waals surface area (Å²) in [6.07, 6.45) is 0. The van der Waals surface area contributed by atoms with E-state index in [9.17, 15) is 4.79 Å². The van der Waals surface area contributed by atoms with Crippen molar-refractivity contribution in [3.05, 3.63) is 66.2 Å². The summed E-state index contributed by atoms with van der Waals surface area (Å²) >= 11 is 0. The molecule has 0 unspecified atom stereocenters. The second-order valence-corrected chi connectivity index (χ2v) is 4.89. The van der Waals surface area contributed by atoms with Crippen molar-refractivity contribution in [1.82, 2.24) is 5.32 Å². The number of benzene rings is 2. The standard InChI is InChI=1S/C17H20N2O/c1-14(15-9-5-3-6-10-15)18-17(20)13-19(2)16-11-7-4-8-12-16/h3-12,14H,13H2,1-2H3,(H,18,20)/t14-/m1/s1. The van der Waals surface area contributed by atoms with Gasteiger partial charge in [-0.1, -0.05) is 48.5 Å². The summed E-state index contributed by atoms with van der Waals surface area (Å²) in [6.45, 7) is 2.34. The zero-order valence-corrected chi connectivity index (χ0v) is 11.9. The smallest absolute Gasteiger partial charge is 0.239 e. The number of carbonyl (C=O) groups is 1. The number of hydrogen-bond acceptors (Lipinski definition) is 2. The van der Waals surface area contributed by atoms with Gasteiger partial charge in [0.1, 0.15) is 0 Å². The highest BCUT2D eigenvalue weighted by atomic mass is 16.2.